The number of aromatic nitrogens is 2. The summed E-state index contributed by atoms with van der Waals surface area (Å²) in [6.45, 7) is 0.159. The van der Waals surface area contributed by atoms with Gasteiger partial charge in [-0.2, -0.15) is 0 Å². The minimum atomic E-state index is -1.04. The van der Waals surface area contributed by atoms with E-state index in [1.54, 1.807) is 0 Å². The van der Waals surface area contributed by atoms with Crippen molar-refractivity contribution in [2.75, 3.05) is 0 Å². The van der Waals surface area contributed by atoms with Crippen molar-refractivity contribution < 1.29 is 19.4 Å². The Morgan fingerprint density at radius 2 is 1.91 bits per heavy atom. The fraction of sp³-hybridized carbons (Fsp3) is 0.0625. The number of ether oxygens (including phenoxy) is 1. The van der Waals surface area contributed by atoms with Crippen LogP contribution in [0.15, 0.2) is 54.9 Å². The largest absolute Gasteiger partial charge is 0.478 e. The predicted octanol–water partition coefficient (Wildman–Crippen LogP) is 2.92. The van der Waals surface area contributed by atoms with E-state index in [-0.39, 0.29) is 12.2 Å². The number of hydrogen-bond acceptors (Lipinski definition) is 4. The number of imidazole rings is 1. The first-order chi connectivity index (χ1) is 10.6. The second kappa shape index (κ2) is 5.69. The van der Waals surface area contributed by atoms with Crippen molar-refractivity contribution in [2.45, 2.75) is 6.61 Å². The van der Waals surface area contributed by atoms with Gasteiger partial charge in [0.25, 0.3) is 0 Å². The van der Waals surface area contributed by atoms with E-state index < -0.39 is 12.1 Å². The minimum absolute atomic E-state index is 0.121. The van der Waals surface area contributed by atoms with Crippen LogP contribution in [0.1, 0.15) is 15.9 Å². The summed E-state index contributed by atoms with van der Waals surface area (Å²) in [4.78, 5) is 27.1. The normalized spacial score (nSPS) is 10.5. The molecule has 0 atom stereocenters. The average molecular weight is 296 g/mol. The lowest BCUT2D eigenvalue weighted by molar-refractivity contribution is 0.0697. The SMILES string of the molecule is O=C(O)c1ccc2c(c1)ncn2C(=O)OCc1ccccc1. The molecule has 3 aromatic rings. The molecule has 0 fully saturated rings. The second-order valence-electron chi connectivity index (χ2n) is 4.66. The maximum Gasteiger partial charge on any atom is 0.420 e. The van der Waals surface area contributed by atoms with Crippen molar-refractivity contribution in [3.05, 3.63) is 66.0 Å². The van der Waals surface area contributed by atoms with Gasteiger partial charge in [0.1, 0.15) is 12.9 Å². The van der Waals surface area contributed by atoms with Crippen molar-refractivity contribution in [1.82, 2.24) is 9.55 Å². The molecule has 1 N–H and O–H groups in total. The number of rotatable bonds is 3. The Morgan fingerprint density at radius 1 is 1.14 bits per heavy atom. The number of carbonyl (C=O) groups is 2. The number of nitrogens with zero attached hydrogens (tertiary/aromatic N) is 2. The summed E-state index contributed by atoms with van der Waals surface area (Å²) in [5.74, 6) is -1.04. The van der Waals surface area contributed by atoms with Crippen LogP contribution in [0.3, 0.4) is 0 Å². The van der Waals surface area contributed by atoms with E-state index in [2.05, 4.69) is 4.98 Å². The Kier molecular flexibility index (Phi) is 3.57. The molecule has 0 aliphatic heterocycles. The van der Waals surface area contributed by atoms with Gasteiger partial charge in [-0.3, -0.25) is 0 Å². The fourth-order valence-corrected chi connectivity index (χ4v) is 2.08. The van der Waals surface area contributed by atoms with Gasteiger partial charge in [-0.1, -0.05) is 30.3 Å². The molecule has 22 heavy (non-hydrogen) atoms. The molecule has 1 aromatic heterocycles. The lowest BCUT2D eigenvalue weighted by Gasteiger charge is -2.06. The number of carbonyl (C=O) groups excluding carboxylic acids is 1. The quantitative estimate of drug-likeness (QED) is 0.803. The molecule has 0 radical (unpaired) electrons. The Bertz CT molecular complexity index is 840. The molecule has 0 saturated carbocycles. The van der Waals surface area contributed by atoms with Crippen LogP contribution in [0.5, 0.6) is 0 Å². The summed E-state index contributed by atoms with van der Waals surface area (Å²) in [6.07, 6.45) is 0.762. The average Bonchev–Trinajstić information content (AvgIpc) is 2.96. The van der Waals surface area contributed by atoms with Crippen LogP contribution < -0.4 is 0 Å². The molecule has 3 rings (SSSR count). The summed E-state index contributed by atoms with van der Waals surface area (Å²) in [7, 11) is 0. The Labute approximate surface area is 125 Å². The summed E-state index contributed by atoms with van der Waals surface area (Å²) in [5.41, 5.74) is 1.93. The molecule has 1 heterocycles. The first kappa shape index (κ1) is 13.8. The van der Waals surface area contributed by atoms with Crippen molar-refractivity contribution in [3.8, 4) is 0 Å². The van der Waals surface area contributed by atoms with E-state index in [0.29, 0.717) is 11.0 Å². The first-order valence-corrected chi connectivity index (χ1v) is 6.56. The molecule has 6 nitrogen and oxygen atoms in total. The van der Waals surface area contributed by atoms with Crippen molar-refractivity contribution in [3.63, 3.8) is 0 Å². The third kappa shape index (κ3) is 2.67. The number of aromatic carboxylic acids is 1. The minimum Gasteiger partial charge on any atom is -0.478 e. The molecule has 0 unspecified atom stereocenters. The molecule has 0 aliphatic carbocycles. The number of fused-ring (bicyclic) bond motifs is 1. The van der Waals surface area contributed by atoms with Gasteiger partial charge < -0.3 is 9.84 Å². The smallest absolute Gasteiger partial charge is 0.420 e. The maximum absolute atomic E-state index is 12.1. The highest BCUT2D eigenvalue weighted by molar-refractivity contribution is 5.94. The molecular formula is C16H12N2O4. The zero-order valence-corrected chi connectivity index (χ0v) is 11.5. The molecule has 0 bridgehead atoms. The third-order valence-electron chi connectivity index (χ3n) is 3.20. The Morgan fingerprint density at radius 3 is 2.64 bits per heavy atom. The van der Waals surface area contributed by atoms with Crippen molar-refractivity contribution in [2.24, 2.45) is 0 Å². The summed E-state index contributed by atoms with van der Waals surface area (Å²) in [5, 5.41) is 8.94. The Hall–Kier alpha value is -3.15. The topological polar surface area (TPSA) is 81.4 Å². The van der Waals surface area contributed by atoms with Crippen LogP contribution in [0, 0.1) is 0 Å². The summed E-state index contributed by atoms with van der Waals surface area (Å²) in [6, 6.07) is 13.7. The first-order valence-electron chi connectivity index (χ1n) is 6.56. The van der Waals surface area contributed by atoms with Gasteiger partial charge in [0, 0.05) is 0 Å². The van der Waals surface area contributed by atoms with Crippen LogP contribution in [0.2, 0.25) is 0 Å². The van der Waals surface area contributed by atoms with E-state index in [1.165, 1.54) is 29.1 Å². The lowest BCUT2D eigenvalue weighted by atomic mass is 10.2. The summed E-state index contributed by atoms with van der Waals surface area (Å²) < 4.78 is 6.48. The van der Waals surface area contributed by atoms with Gasteiger partial charge in [0.05, 0.1) is 16.6 Å². The number of carboxylic acid groups (broad SMARTS) is 1. The van der Waals surface area contributed by atoms with Crippen molar-refractivity contribution in [1.29, 1.82) is 0 Å². The predicted molar refractivity (Wildman–Crippen MR) is 78.7 cm³/mol. The maximum atomic E-state index is 12.1. The van der Waals surface area contributed by atoms with Gasteiger partial charge in [-0.25, -0.2) is 19.1 Å². The molecule has 6 heteroatoms. The van der Waals surface area contributed by atoms with Gasteiger partial charge in [-0.15, -0.1) is 0 Å². The summed E-state index contributed by atoms with van der Waals surface area (Å²) >= 11 is 0. The standard InChI is InChI=1S/C16H12N2O4/c19-15(20)12-6-7-14-13(8-12)17-10-18(14)16(21)22-9-11-4-2-1-3-5-11/h1-8,10H,9H2,(H,19,20). The highest BCUT2D eigenvalue weighted by Gasteiger charge is 2.13. The third-order valence-corrected chi connectivity index (χ3v) is 3.20. The van der Waals surface area contributed by atoms with Crippen LogP contribution in [0.25, 0.3) is 11.0 Å². The molecule has 2 aromatic carbocycles. The molecule has 110 valence electrons. The molecule has 0 amide bonds. The van der Waals surface area contributed by atoms with Gasteiger partial charge in [-0.05, 0) is 23.8 Å². The Balaban J connectivity index is 1.81. The van der Waals surface area contributed by atoms with Crippen LogP contribution in [-0.2, 0) is 11.3 Å². The van der Waals surface area contributed by atoms with E-state index in [4.69, 9.17) is 9.84 Å². The van der Waals surface area contributed by atoms with E-state index >= 15 is 0 Å². The van der Waals surface area contributed by atoms with Crippen LogP contribution >= 0.6 is 0 Å². The molecular weight excluding hydrogens is 284 g/mol. The zero-order valence-electron chi connectivity index (χ0n) is 11.5. The highest BCUT2D eigenvalue weighted by Crippen LogP contribution is 2.16. The van der Waals surface area contributed by atoms with Crippen LogP contribution in [-0.4, -0.2) is 26.7 Å². The number of hydrogen-bond donors (Lipinski definition) is 1. The lowest BCUT2D eigenvalue weighted by Crippen LogP contribution is -2.12. The molecule has 0 spiro atoms. The zero-order chi connectivity index (χ0) is 15.5. The fourth-order valence-electron chi connectivity index (χ4n) is 2.08. The van der Waals surface area contributed by atoms with E-state index in [1.807, 2.05) is 30.3 Å². The van der Waals surface area contributed by atoms with Crippen molar-refractivity contribution >= 4 is 23.1 Å². The number of carboxylic acids is 1. The van der Waals surface area contributed by atoms with E-state index in [0.717, 1.165) is 5.56 Å². The number of benzene rings is 2. The van der Waals surface area contributed by atoms with Gasteiger partial charge in [0.2, 0.25) is 0 Å². The highest BCUT2D eigenvalue weighted by atomic mass is 16.5. The van der Waals surface area contributed by atoms with Crippen LogP contribution in [0.4, 0.5) is 4.79 Å². The van der Waals surface area contributed by atoms with Gasteiger partial charge >= 0.3 is 12.1 Å². The molecule has 0 aliphatic rings. The second-order valence-corrected chi connectivity index (χ2v) is 4.66. The molecule has 0 saturated heterocycles. The monoisotopic (exact) mass is 296 g/mol. The van der Waals surface area contributed by atoms with E-state index in [9.17, 15) is 9.59 Å². The van der Waals surface area contributed by atoms with Gasteiger partial charge in [0.15, 0.2) is 0 Å².